The number of rotatable bonds is 4. The van der Waals surface area contributed by atoms with Gasteiger partial charge in [0.25, 0.3) is 0 Å². The van der Waals surface area contributed by atoms with E-state index in [2.05, 4.69) is 223 Å². The van der Waals surface area contributed by atoms with E-state index in [-0.39, 0.29) is 0 Å². The minimum absolute atomic E-state index is 1.00. The number of hydrogen-bond donors (Lipinski definition) is 0. The molecule has 0 radical (unpaired) electrons. The predicted octanol–water partition coefficient (Wildman–Crippen LogP) is 18.5. The number of benzene rings is 11. The molecule has 0 atom stereocenters. The van der Waals surface area contributed by atoms with Crippen LogP contribution in [0.4, 0.5) is 0 Å². The molecule has 67 heavy (non-hydrogen) atoms. The Hall–Kier alpha value is -8.15. The lowest BCUT2D eigenvalue weighted by Gasteiger charge is -2.14. The third-order valence-electron chi connectivity index (χ3n) is 14.2. The van der Waals surface area contributed by atoms with E-state index >= 15 is 0 Å². The zero-order valence-electron chi connectivity index (χ0n) is 36.0. The number of fused-ring (bicyclic) bond motifs is 16. The van der Waals surface area contributed by atoms with Crippen LogP contribution in [0.15, 0.2) is 218 Å². The van der Waals surface area contributed by atoms with Crippen molar-refractivity contribution in [2.24, 2.45) is 0 Å². The lowest BCUT2D eigenvalue weighted by molar-refractivity contribution is 1.25. The van der Waals surface area contributed by atoms with E-state index in [4.69, 9.17) is 4.98 Å². The number of imidazole rings is 1. The molecule has 11 aromatic carbocycles. The van der Waals surface area contributed by atoms with Crippen LogP contribution >= 0.6 is 22.7 Å². The summed E-state index contributed by atoms with van der Waals surface area (Å²) in [6, 6.07) is 80.8. The molecule has 0 aliphatic carbocycles. The number of pyridine rings is 1. The van der Waals surface area contributed by atoms with Crippen LogP contribution in [-0.4, -0.2) is 9.38 Å². The first-order valence-electron chi connectivity index (χ1n) is 22.8. The first kappa shape index (κ1) is 37.1. The summed E-state index contributed by atoms with van der Waals surface area (Å²) in [5.41, 5.74) is 12.8. The number of nitrogens with zero attached hydrogens (tertiary/aromatic N) is 2. The summed E-state index contributed by atoms with van der Waals surface area (Å²) < 4.78 is 7.61. The van der Waals surface area contributed by atoms with Gasteiger partial charge < -0.3 is 0 Å². The molecule has 0 spiro atoms. The summed E-state index contributed by atoms with van der Waals surface area (Å²) in [5.74, 6) is 0. The van der Waals surface area contributed by atoms with Crippen molar-refractivity contribution in [3.63, 3.8) is 0 Å². The van der Waals surface area contributed by atoms with Crippen molar-refractivity contribution in [3.8, 4) is 44.6 Å². The fourth-order valence-corrected chi connectivity index (χ4v) is 13.5. The highest BCUT2D eigenvalue weighted by molar-refractivity contribution is 7.27. The molecule has 4 heterocycles. The maximum Gasteiger partial charge on any atom is 0.156 e. The molecule has 2 nitrogen and oxygen atoms in total. The Morgan fingerprint density at radius 2 is 0.896 bits per heavy atom. The molecular weight excluding hydrogens is 849 g/mol. The van der Waals surface area contributed by atoms with Crippen molar-refractivity contribution >= 4 is 123 Å². The molecule has 0 amide bonds. The van der Waals surface area contributed by atoms with E-state index in [1.54, 1.807) is 0 Å². The number of thiophene rings is 2. The van der Waals surface area contributed by atoms with Gasteiger partial charge in [0, 0.05) is 41.0 Å². The molecule has 15 rings (SSSR count). The monoisotopic (exact) mass is 884 g/mol. The average molecular weight is 885 g/mol. The van der Waals surface area contributed by atoms with Gasteiger partial charge in [-0.05, 0) is 107 Å². The van der Waals surface area contributed by atoms with Crippen molar-refractivity contribution in [3.05, 3.63) is 218 Å². The number of hydrogen-bond acceptors (Lipinski definition) is 3. The van der Waals surface area contributed by atoms with E-state index in [9.17, 15) is 0 Å². The highest BCUT2D eigenvalue weighted by atomic mass is 32.1. The minimum Gasteiger partial charge on any atom is -0.291 e. The molecule has 310 valence electrons. The van der Waals surface area contributed by atoms with Gasteiger partial charge in [0.2, 0.25) is 0 Å². The Morgan fingerprint density at radius 1 is 0.313 bits per heavy atom. The molecular formula is C63H36N2S2. The van der Waals surface area contributed by atoms with E-state index < -0.39 is 0 Å². The van der Waals surface area contributed by atoms with Crippen LogP contribution in [0.3, 0.4) is 0 Å². The van der Waals surface area contributed by atoms with Gasteiger partial charge in [0.15, 0.2) is 5.65 Å². The second-order valence-electron chi connectivity index (χ2n) is 17.8. The van der Waals surface area contributed by atoms with Crippen molar-refractivity contribution < 1.29 is 0 Å². The highest BCUT2D eigenvalue weighted by Crippen LogP contribution is 2.45. The molecule has 0 saturated carbocycles. The van der Waals surface area contributed by atoms with Crippen LogP contribution in [-0.2, 0) is 0 Å². The van der Waals surface area contributed by atoms with Crippen LogP contribution in [0.1, 0.15) is 0 Å². The SMILES string of the molecule is c1ccc2cc3c(ccc4c3nc3c5sc6c7ccccc7ccc6c5cc(-c5ccc(-c6ccc(-c7ccc(-c8cccc9c8sc8ccccc89)cc7)c7ccccc67)cc5)n43)cc2c1. The molecule has 0 aliphatic heterocycles. The van der Waals surface area contributed by atoms with Gasteiger partial charge in [0.1, 0.15) is 0 Å². The maximum absolute atomic E-state index is 5.59. The molecule has 0 bridgehead atoms. The third kappa shape index (κ3) is 5.52. The normalized spacial score (nSPS) is 12.2. The second kappa shape index (κ2) is 14.2. The van der Waals surface area contributed by atoms with Gasteiger partial charge in [0.05, 0.1) is 21.4 Å². The minimum atomic E-state index is 1.00. The zero-order valence-corrected chi connectivity index (χ0v) is 37.6. The summed E-state index contributed by atoms with van der Waals surface area (Å²) in [4.78, 5) is 5.59. The maximum atomic E-state index is 5.59. The van der Waals surface area contributed by atoms with Crippen LogP contribution in [0.5, 0.6) is 0 Å². The van der Waals surface area contributed by atoms with Crippen molar-refractivity contribution in [2.75, 3.05) is 0 Å². The molecule has 0 N–H and O–H groups in total. The standard InChI is InChI=1S/C63H36N2S2/c1-2-12-43-35-54-44(34-42(43)11-1)29-33-56-59(54)64-63-62-55(53-30-28-37-10-3-4-13-47(37)61(53)67-62)36-57(65(56)63)41-26-24-39(25-27-41)46-32-31-45(49-14-5-6-15-50(46)49)38-20-22-40(23-21-38)48-17-9-18-52-51-16-7-8-19-58(51)66-60(48)52/h1-36H. The zero-order chi connectivity index (χ0) is 43.7. The summed E-state index contributed by atoms with van der Waals surface area (Å²) in [7, 11) is 0. The van der Waals surface area contributed by atoms with Gasteiger partial charge in [-0.15, -0.1) is 22.7 Å². The Balaban J connectivity index is 0.863. The molecule has 0 aliphatic rings. The Bertz CT molecular complexity index is 4550. The Labute approximate surface area is 392 Å². The fourth-order valence-electron chi connectivity index (χ4n) is 10.9. The van der Waals surface area contributed by atoms with Gasteiger partial charge in [-0.25, -0.2) is 4.98 Å². The first-order valence-corrected chi connectivity index (χ1v) is 24.5. The summed E-state index contributed by atoms with van der Waals surface area (Å²) in [5, 5.41) is 15.1. The van der Waals surface area contributed by atoms with Gasteiger partial charge in [-0.3, -0.25) is 4.40 Å². The highest BCUT2D eigenvalue weighted by Gasteiger charge is 2.21. The molecule has 0 saturated heterocycles. The van der Waals surface area contributed by atoms with E-state index in [0.717, 1.165) is 27.9 Å². The summed E-state index contributed by atoms with van der Waals surface area (Å²) in [6.07, 6.45) is 0. The first-order chi connectivity index (χ1) is 33.2. The largest absolute Gasteiger partial charge is 0.291 e. The van der Waals surface area contributed by atoms with E-state index in [0.29, 0.717) is 0 Å². The van der Waals surface area contributed by atoms with Crippen molar-refractivity contribution in [2.45, 2.75) is 0 Å². The van der Waals surface area contributed by atoms with Gasteiger partial charge in [-0.2, -0.15) is 0 Å². The third-order valence-corrected chi connectivity index (χ3v) is 16.6. The lowest BCUT2D eigenvalue weighted by atomic mass is 9.91. The lowest BCUT2D eigenvalue weighted by Crippen LogP contribution is -1.93. The van der Waals surface area contributed by atoms with Gasteiger partial charge >= 0.3 is 0 Å². The molecule has 0 unspecified atom stereocenters. The van der Waals surface area contributed by atoms with Crippen LogP contribution in [0, 0.1) is 0 Å². The fraction of sp³-hybridized carbons (Fsp3) is 0. The van der Waals surface area contributed by atoms with E-state index in [1.807, 2.05) is 22.7 Å². The molecule has 15 aromatic rings. The smallest absolute Gasteiger partial charge is 0.156 e. The molecule has 4 aromatic heterocycles. The molecule has 0 fully saturated rings. The predicted molar refractivity (Wildman–Crippen MR) is 290 cm³/mol. The van der Waals surface area contributed by atoms with Crippen molar-refractivity contribution in [1.82, 2.24) is 9.38 Å². The Morgan fingerprint density at radius 3 is 1.64 bits per heavy atom. The average Bonchev–Trinajstić information content (AvgIpc) is 4.10. The van der Waals surface area contributed by atoms with E-state index in [1.165, 1.54) is 117 Å². The van der Waals surface area contributed by atoms with Crippen LogP contribution in [0.25, 0.3) is 145 Å². The number of aromatic nitrogens is 2. The van der Waals surface area contributed by atoms with Gasteiger partial charge in [-0.1, -0.05) is 188 Å². The van der Waals surface area contributed by atoms with Crippen LogP contribution in [0.2, 0.25) is 0 Å². The topological polar surface area (TPSA) is 17.3 Å². The summed E-state index contributed by atoms with van der Waals surface area (Å²) in [6.45, 7) is 0. The molecule has 4 heteroatoms. The summed E-state index contributed by atoms with van der Waals surface area (Å²) >= 11 is 3.75. The second-order valence-corrected chi connectivity index (χ2v) is 19.9. The Kier molecular flexibility index (Phi) is 7.85. The van der Waals surface area contributed by atoms with Crippen molar-refractivity contribution in [1.29, 1.82) is 0 Å². The van der Waals surface area contributed by atoms with Crippen LogP contribution < -0.4 is 0 Å². The quantitative estimate of drug-likeness (QED) is 0.161.